The van der Waals surface area contributed by atoms with Crippen molar-refractivity contribution >= 4 is 5.91 Å². The molecule has 1 amide bonds. The predicted molar refractivity (Wildman–Crippen MR) is 78.9 cm³/mol. The van der Waals surface area contributed by atoms with Gasteiger partial charge in [-0.3, -0.25) is 9.48 Å². The minimum atomic E-state index is -0.649. The molecule has 1 aromatic heterocycles. The zero-order chi connectivity index (χ0) is 15.4. The number of aliphatic hydroxyl groups is 1. The molecule has 2 rings (SSSR count). The summed E-state index contributed by atoms with van der Waals surface area (Å²) in [4.78, 5) is 11.9. The van der Waals surface area contributed by atoms with Crippen molar-refractivity contribution in [2.75, 3.05) is 19.8 Å². The van der Waals surface area contributed by atoms with E-state index in [4.69, 9.17) is 4.74 Å². The molecule has 0 aliphatic heterocycles. The highest BCUT2D eigenvalue weighted by Crippen LogP contribution is 2.28. The summed E-state index contributed by atoms with van der Waals surface area (Å²) in [5.74, 6) is 0.582. The molecular formula is C15H25N3O3. The maximum atomic E-state index is 11.9. The van der Waals surface area contributed by atoms with Crippen LogP contribution in [0.4, 0.5) is 0 Å². The van der Waals surface area contributed by atoms with Gasteiger partial charge in [0, 0.05) is 31.5 Å². The molecule has 0 radical (unpaired) electrons. The highest BCUT2D eigenvalue weighted by Gasteiger charge is 2.21. The second kappa shape index (κ2) is 7.04. The second-order valence-corrected chi connectivity index (χ2v) is 5.89. The number of carbonyl (C=O) groups excluding carboxylic acids is 1. The summed E-state index contributed by atoms with van der Waals surface area (Å²) in [5.41, 5.74) is 2.82. The summed E-state index contributed by atoms with van der Waals surface area (Å²) in [6.45, 7) is 5.07. The Hall–Kier alpha value is -1.40. The lowest BCUT2D eigenvalue weighted by molar-refractivity contribution is -0.121. The summed E-state index contributed by atoms with van der Waals surface area (Å²) >= 11 is 0. The van der Waals surface area contributed by atoms with Gasteiger partial charge in [-0.05, 0) is 32.6 Å². The van der Waals surface area contributed by atoms with E-state index in [1.807, 2.05) is 20.9 Å². The standard InChI is InChI=1S/C15H25N3O3/c1-10-14(11(2)18(3)17-10)6-15(20)16-7-13(19)9-21-8-12-4-5-12/h12-13,19H,4-9H2,1-3H3,(H,16,20). The van der Waals surface area contributed by atoms with Crippen LogP contribution in [0, 0.1) is 19.8 Å². The van der Waals surface area contributed by atoms with Crippen LogP contribution in [0.2, 0.25) is 0 Å². The lowest BCUT2D eigenvalue weighted by Gasteiger charge is -2.12. The summed E-state index contributed by atoms with van der Waals surface area (Å²) in [7, 11) is 1.87. The van der Waals surface area contributed by atoms with Gasteiger partial charge in [0.1, 0.15) is 0 Å². The van der Waals surface area contributed by atoms with E-state index >= 15 is 0 Å². The van der Waals surface area contributed by atoms with Crippen molar-refractivity contribution in [3.8, 4) is 0 Å². The first-order chi connectivity index (χ1) is 9.97. The third kappa shape index (κ3) is 4.82. The van der Waals surface area contributed by atoms with E-state index in [0.717, 1.165) is 23.6 Å². The third-order valence-electron chi connectivity index (χ3n) is 3.89. The van der Waals surface area contributed by atoms with Gasteiger partial charge >= 0.3 is 0 Å². The van der Waals surface area contributed by atoms with Gasteiger partial charge in [-0.1, -0.05) is 0 Å². The summed E-state index contributed by atoms with van der Waals surface area (Å²) in [6.07, 6.45) is 2.11. The molecule has 1 atom stereocenters. The molecule has 1 unspecified atom stereocenters. The van der Waals surface area contributed by atoms with Gasteiger partial charge in [0.05, 0.1) is 24.8 Å². The molecule has 0 spiro atoms. The van der Waals surface area contributed by atoms with Crippen LogP contribution in [0.25, 0.3) is 0 Å². The number of aryl methyl sites for hydroxylation is 2. The predicted octanol–water partition coefficient (Wildman–Crippen LogP) is 0.483. The minimum Gasteiger partial charge on any atom is -0.389 e. The van der Waals surface area contributed by atoms with Gasteiger partial charge in [-0.2, -0.15) is 5.10 Å². The quantitative estimate of drug-likeness (QED) is 0.731. The van der Waals surface area contributed by atoms with Crippen LogP contribution in [0.5, 0.6) is 0 Å². The largest absolute Gasteiger partial charge is 0.389 e. The first-order valence-electron chi connectivity index (χ1n) is 7.49. The van der Waals surface area contributed by atoms with Crippen LogP contribution in [0.3, 0.4) is 0 Å². The Morgan fingerprint density at radius 2 is 2.24 bits per heavy atom. The van der Waals surface area contributed by atoms with E-state index in [-0.39, 0.29) is 19.1 Å². The number of hydrogen-bond acceptors (Lipinski definition) is 4. The molecule has 1 aromatic rings. The SMILES string of the molecule is Cc1nn(C)c(C)c1CC(=O)NCC(O)COCC1CC1. The number of aliphatic hydroxyl groups excluding tert-OH is 1. The lowest BCUT2D eigenvalue weighted by Crippen LogP contribution is -2.35. The van der Waals surface area contributed by atoms with Crippen molar-refractivity contribution in [3.63, 3.8) is 0 Å². The zero-order valence-electron chi connectivity index (χ0n) is 13.1. The fourth-order valence-corrected chi connectivity index (χ4v) is 2.24. The zero-order valence-corrected chi connectivity index (χ0v) is 13.1. The molecule has 21 heavy (non-hydrogen) atoms. The van der Waals surface area contributed by atoms with Gasteiger partial charge < -0.3 is 15.2 Å². The first-order valence-corrected chi connectivity index (χ1v) is 7.49. The number of amides is 1. The van der Waals surface area contributed by atoms with E-state index in [1.54, 1.807) is 4.68 Å². The molecule has 0 bridgehead atoms. The molecule has 1 heterocycles. The monoisotopic (exact) mass is 295 g/mol. The second-order valence-electron chi connectivity index (χ2n) is 5.89. The fraction of sp³-hybridized carbons (Fsp3) is 0.733. The van der Waals surface area contributed by atoms with Crippen molar-refractivity contribution in [2.24, 2.45) is 13.0 Å². The van der Waals surface area contributed by atoms with Crippen molar-refractivity contribution in [3.05, 3.63) is 17.0 Å². The normalized spacial score (nSPS) is 16.0. The van der Waals surface area contributed by atoms with Crippen LogP contribution in [0.15, 0.2) is 0 Å². The Bertz CT molecular complexity index is 495. The van der Waals surface area contributed by atoms with Gasteiger partial charge in [0.15, 0.2) is 0 Å². The topological polar surface area (TPSA) is 76.4 Å². The molecule has 118 valence electrons. The Morgan fingerprint density at radius 1 is 1.52 bits per heavy atom. The number of ether oxygens (including phenoxy) is 1. The maximum absolute atomic E-state index is 11.9. The van der Waals surface area contributed by atoms with Gasteiger partial charge in [0.2, 0.25) is 5.91 Å². The van der Waals surface area contributed by atoms with Gasteiger partial charge in [-0.15, -0.1) is 0 Å². The number of aromatic nitrogens is 2. The number of carbonyl (C=O) groups is 1. The van der Waals surface area contributed by atoms with Crippen LogP contribution < -0.4 is 5.32 Å². The molecule has 0 saturated heterocycles. The van der Waals surface area contributed by atoms with E-state index in [1.165, 1.54) is 12.8 Å². The number of nitrogens with zero attached hydrogens (tertiary/aromatic N) is 2. The molecule has 6 nitrogen and oxygen atoms in total. The van der Waals surface area contributed by atoms with Gasteiger partial charge in [-0.25, -0.2) is 0 Å². The minimum absolute atomic E-state index is 0.101. The molecule has 1 aliphatic carbocycles. The number of nitrogens with one attached hydrogen (secondary N) is 1. The van der Waals surface area contributed by atoms with Crippen LogP contribution in [-0.2, 0) is 23.0 Å². The molecule has 0 aromatic carbocycles. The Kier molecular flexibility index (Phi) is 5.36. The average molecular weight is 295 g/mol. The van der Waals surface area contributed by atoms with Crippen molar-refractivity contribution < 1.29 is 14.6 Å². The van der Waals surface area contributed by atoms with E-state index in [9.17, 15) is 9.90 Å². The van der Waals surface area contributed by atoms with Crippen molar-refractivity contribution in [2.45, 2.75) is 39.2 Å². The summed E-state index contributed by atoms with van der Waals surface area (Å²) in [6, 6.07) is 0. The molecule has 6 heteroatoms. The van der Waals surface area contributed by atoms with Crippen molar-refractivity contribution in [1.29, 1.82) is 0 Å². The molecular weight excluding hydrogens is 270 g/mol. The summed E-state index contributed by atoms with van der Waals surface area (Å²) < 4.78 is 7.17. The van der Waals surface area contributed by atoms with E-state index in [0.29, 0.717) is 12.3 Å². The van der Waals surface area contributed by atoms with E-state index < -0.39 is 6.10 Å². The van der Waals surface area contributed by atoms with Crippen molar-refractivity contribution in [1.82, 2.24) is 15.1 Å². The molecule has 1 aliphatic rings. The lowest BCUT2D eigenvalue weighted by atomic mass is 10.1. The highest BCUT2D eigenvalue weighted by molar-refractivity contribution is 5.79. The smallest absolute Gasteiger partial charge is 0.224 e. The van der Waals surface area contributed by atoms with Crippen LogP contribution in [-0.4, -0.2) is 46.7 Å². The molecule has 1 saturated carbocycles. The third-order valence-corrected chi connectivity index (χ3v) is 3.89. The molecule has 1 fully saturated rings. The average Bonchev–Trinajstić information content (AvgIpc) is 3.21. The Balaban J connectivity index is 1.68. The fourth-order valence-electron chi connectivity index (χ4n) is 2.24. The Labute approximate surface area is 125 Å². The van der Waals surface area contributed by atoms with Crippen LogP contribution in [0.1, 0.15) is 29.8 Å². The maximum Gasteiger partial charge on any atom is 0.224 e. The number of hydrogen-bond donors (Lipinski definition) is 2. The number of rotatable bonds is 8. The summed E-state index contributed by atoms with van der Waals surface area (Å²) in [5, 5.41) is 16.8. The first kappa shape index (κ1) is 16.0. The van der Waals surface area contributed by atoms with E-state index in [2.05, 4.69) is 10.4 Å². The highest BCUT2D eigenvalue weighted by atomic mass is 16.5. The van der Waals surface area contributed by atoms with Crippen LogP contribution >= 0.6 is 0 Å². The van der Waals surface area contributed by atoms with Gasteiger partial charge in [0.25, 0.3) is 0 Å². The molecule has 2 N–H and O–H groups in total. The Morgan fingerprint density at radius 3 is 2.81 bits per heavy atom.